The number of alkyl halides is 1. The second kappa shape index (κ2) is 3.27. The zero-order chi connectivity index (χ0) is 7.56. The van der Waals surface area contributed by atoms with Crippen molar-refractivity contribution in [3.8, 4) is 0 Å². The monoisotopic (exact) mass is 150 g/mol. The van der Waals surface area contributed by atoms with E-state index in [1.54, 1.807) is 0 Å². The summed E-state index contributed by atoms with van der Waals surface area (Å²) in [6, 6.07) is 0. The van der Waals surface area contributed by atoms with Crippen molar-refractivity contribution in [2.24, 2.45) is 0 Å². The summed E-state index contributed by atoms with van der Waals surface area (Å²) in [7, 11) is 1.39. The Balaban J connectivity index is 2.36. The average Bonchev–Trinajstić information content (AvgIpc) is 2.30. The number of ether oxygens (including phenoxy) is 2. The third-order valence-electron chi connectivity index (χ3n) is 1.55. The molecular formula is C6H11FO3. The fraction of sp³-hybridized carbons (Fsp3) is 1.00. The van der Waals surface area contributed by atoms with Crippen LogP contribution in [0.5, 0.6) is 0 Å². The number of methoxy groups -OCH3 is 1. The first-order valence-corrected chi connectivity index (χ1v) is 3.21. The van der Waals surface area contributed by atoms with Crippen molar-refractivity contribution in [3.63, 3.8) is 0 Å². The molecule has 1 heterocycles. The molecule has 0 radical (unpaired) electrons. The smallest absolute Gasteiger partial charge is 0.188 e. The summed E-state index contributed by atoms with van der Waals surface area (Å²) in [6.07, 6.45) is -2.03. The first-order chi connectivity index (χ1) is 4.77. The zero-order valence-electron chi connectivity index (χ0n) is 5.79. The lowest BCUT2D eigenvalue weighted by Gasteiger charge is -2.09. The van der Waals surface area contributed by atoms with E-state index in [9.17, 15) is 4.39 Å². The van der Waals surface area contributed by atoms with E-state index in [4.69, 9.17) is 9.84 Å². The van der Waals surface area contributed by atoms with Gasteiger partial charge < -0.3 is 14.6 Å². The molecule has 4 heteroatoms. The van der Waals surface area contributed by atoms with Gasteiger partial charge in [0.2, 0.25) is 0 Å². The molecule has 0 bridgehead atoms. The fourth-order valence-electron chi connectivity index (χ4n) is 1.01. The Kier molecular flexibility index (Phi) is 2.59. The number of hydrogen-bond donors (Lipinski definition) is 1. The zero-order valence-corrected chi connectivity index (χ0v) is 5.79. The van der Waals surface area contributed by atoms with Gasteiger partial charge in [0.15, 0.2) is 12.5 Å². The van der Waals surface area contributed by atoms with Crippen molar-refractivity contribution in [1.82, 2.24) is 0 Å². The molecule has 3 nitrogen and oxygen atoms in total. The maximum atomic E-state index is 12.7. The van der Waals surface area contributed by atoms with Crippen LogP contribution in [0, 0.1) is 0 Å². The molecule has 1 aliphatic rings. The average molecular weight is 150 g/mol. The highest BCUT2D eigenvalue weighted by atomic mass is 19.1. The standard InChI is InChI=1S/C6H11FO3/c1-9-6-5(7)2-4(3-8)10-6/h4-6,8H,2-3H2,1H3/t4-,5+,6-/m0/s1. The summed E-state index contributed by atoms with van der Waals surface area (Å²) in [5, 5.41) is 8.55. The van der Waals surface area contributed by atoms with Crippen molar-refractivity contribution in [2.45, 2.75) is 25.0 Å². The fourth-order valence-corrected chi connectivity index (χ4v) is 1.01. The van der Waals surface area contributed by atoms with Crippen molar-refractivity contribution in [2.75, 3.05) is 13.7 Å². The van der Waals surface area contributed by atoms with Gasteiger partial charge in [-0.2, -0.15) is 0 Å². The van der Waals surface area contributed by atoms with Crippen molar-refractivity contribution in [1.29, 1.82) is 0 Å². The van der Waals surface area contributed by atoms with Crippen LogP contribution in [0.1, 0.15) is 6.42 Å². The highest BCUT2D eigenvalue weighted by Gasteiger charge is 2.34. The SMILES string of the molecule is CO[C@H]1O[C@H](CO)C[C@H]1F. The van der Waals surface area contributed by atoms with Gasteiger partial charge in [0.1, 0.15) is 0 Å². The van der Waals surface area contributed by atoms with Crippen LogP contribution < -0.4 is 0 Å². The molecule has 0 aromatic heterocycles. The Morgan fingerprint density at radius 2 is 2.50 bits per heavy atom. The molecule has 1 aliphatic heterocycles. The van der Waals surface area contributed by atoms with Gasteiger partial charge in [0.05, 0.1) is 12.7 Å². The van der Waals surface area contributed by atoms with E-state index in [1.807, 2.05) is 0 Å². The number of hydrogen-bond acceptors (Lipinski definition) is 3. The van der Waals surface area contributed by atoms with Crippen molar-refractivity contribution >= 4 is 0 Å². The third kappa shape index (κ3) is 1.45. The lowest BCUT2D eigenvalue weighted by atomic mass is 10.2. The molecule has 0 saturated carbocycles. The molecule has 0 amide bonds. The van der Waals surface area contributed by atoms with Gasteiger partial charge in [-0.3, -0.25) is 0 Å². The van der Waals surface area contributed by atoms with E-state index >= 15 is 0 Å². The highest BCUT2D eigenvalue weighted by Crippen LogP contribution is 2.22. The van der Waals surface area contributed by atoms with Crippen LogP contribution in [0.2, 0.25) is 0 Å². The van der Waals surface area contributed by atoms with E-state index in [1.165, 1.54) is 7.11 Å². The third-order valence-corrected chi connectivity index (χ3v) is 1.55. The molecule has 10 heavy (non-hydrogen) atoms. The number of halogens is 1. The van der Waals surface area contributed by atoms with Gasteiger partial charge in [-0.1, -0.05) is 0 Å². The second-order valence-corrected chi connectivity index (χ2v) is 2.30. The van der Waals surface area contributed by atoms with Gasteiger partial charge in [-0.05, 0) is 0 Å². The Morgan fingerprint density at radius 3 is 2.80 bits per heavy atom. The molecule has 60 valence electrons. The highest BCUT2D eigenvalue weighted by molar-refractivity contribution is 4.75. The normalized spacial score (nSPS) is 40.5. The van der Waals surface area contributed by atoms with E-state index in [-0.39, 0.29) is 19.1 Å². The number of aliphatic hydroxyl groups excluding tert-OH is 1. The molecular weight excluding hydrogens is 139 g/mol. The van der Waals surface area contributed by atoms with Crippen molar-refractivity contribution < 1.29 is 19.0 Å². The summed E-state index contributed by atoms with van der Waals surface area (Å²) >= 11 is 0. The van der Waals surface area contributed by atoms with Crippen LogP contribution in [0.25, 0.3) is 0 Å². The number of rotatable bonds is 2. The topological polar surface area (TPSA) is 38.7 Å². The summed E-state index contributed by atoms with van der Waals surface area (Å²) in [4.78, 5) is 0. The molecule has 1 fully saturated rings. The Morgan fingerprint density at radius 1 is 1.80 bits per heavy atom. The predicted octanol–water partition coefficient (Wildman–Crippen LogP) is 0.0782. The summed E-state index contributed by atoms with van der Waals surface area (Å²) < 4.78 is 22.2. The summed E-state index contributed by atoms with van der Waals surface area (Å²) in [5.74, 6) is 0. The largest absolute Gasteiger partial charge is 0.394 e. The lowest BCUT2D eigenvalue weighted by molar-refractivity contribution is -0.141. The second-order valence-electron chi connectivity index (χ2n) is 2.30. The van der Waals surface area contributed by atoms with E-state index < -0.39 is 12.5 Å². The molecule has 1 N–H and O–H groups in total. The van der Waals surface area contributed by atoms with Crippen LogP contribution in [0.15, 0.2) is 0 Å². The van der Waals surface area contributed by atoms with Gasteiger partial charge in [0, 0.05) is 13.5 Å². The quantitative estimate of drug-likeness (QED) is 0.605. The maximum Gasteiger partial charge on any atom is 0.188 e. The first kappa shape index (κ1) is 7.91. The minimum absolute atomic E-state index is 0.139. The van der Waals surface area contributed by atoms with Crippen LogP contribution in [-0.2, 0) is 9.47 Å². The molecule has 0 spiro atoms. The Bertz CT molecular complexity index is 109. The predicted molar refractivity (Wildman–Crippen MR) is 32.3 cm³/mol. The first-order valence-electron chi connectivity index (χ1n) is 3.21. The van der Waals surface area contributed by atoms with Gasteiger partial charge in [0.25, 0.3) is 0 Å². The lowest BCUT2D eigenvalue weighted by Crippen LogP contribution is -2.19. The Labute approximate surface area is 58.7 Å². The van der Waals surface area contributed by atoms with Crippen LogP contribution in [0.3, 0.4) is 0 Å². The van der Waals surface area contributed by atoms with Crippen LogP contribution in [0.4, 0.5) is 4.39 Å². The summed E-state index contributed by atoms with van der Waals surface area (Å²) in [6.45, 7) is -0.139. The van der Waals surface area contributed by atoms with E-state index in [0.717, 1.165) is 0 Å². The molecule has 0 unspecified atom stereocenters. The van der Waals surface area contributed by atoms with Crippen LogP contribution >= 0.6 is 0 Å². The Hall–Kier alpha value is -0.190. The number of aliphatic hydroxyl groups is 1. The molecule has 0 aromatic carbocycles. The summed E-state index contributed by atoms with van der Waals surface area (Å²) in [5.41, 5.74) is 0. The van der Waals surface area contributed by atoms with Gasteiger partial charge in [-0.25, -0.2) is 4.39 Å². The molecule has 0 aromatic rings. The maximum absolute atomic E-state index is 12.7. The van der Waals surface area contributed by atoms with Crippen molar-refractivity contribution in [3.05, 3.63) is 0 Å². The minimum atomic E-state index is -1.10. The van der Waals surface area contributed by atoms with Gasteiger partial charge in [-0.15, -0.1) is 0 Å². The molecule has 3 atom stereocenters. The van der Waals surface area contributed by atoms with E-state index in [2.05, 4.69) is 4.74 Å². The molecule has 0 aliphatic carbocycles. The van der Waals surface area contributed by atoms with Gasteiger partial charge >= 0.3 is 0 Å². The molecule has 1 saturated heterocycles. The van der Waals surface area contributed by atoms with Crippen LogP contribution in [-0.4, -0.2) is 37.4 Å². The van der Waals surface area contributed by atoms with E-state index in [0.29, 0.717) is 0 Å². The minimum Gasteiger partial charge on any atom is -0.394 e. The molecule has 1 rings (SSSR count).